The van der Waals surface area contributed by atoms with Crippen LogP contribution in [0.25, 0.3) is 5.82 Å². The molecular weight excluding hydrogens is 292 g/mol. The molecule has 0 radical (unpaired) electrons. The van der Waals surface area contributed by atoms with Crippen LogP contribution in [0.4, 0.5) is 5.82 Å². The number of carbonyl (C=O) groups is 1. The molecule has 122 valence electrons. The Kier molecular flexibility index (Phi) is 4.55. The highest BCUT2D eigenvalue weighted by molar-refractivity contribution is 5.76. The number of aromatic nitrogens is 4. The Morgan fingerprint density at radius 3 is 2.57 bits per heavy atom. The van der Waals surface area contributed by atoms with Crippen LogP contribution in [0.5, 0.6) is 0 Å². The van der Waals surface area contributed by atoms with Gasteiger partial charge >= 0.3 is 0 Å². The normalized spacial score (nSPS) is 15.3. The molecule has 7 heteroatoms. The Balaban J connectivity index is 1.64. The lowest BCUT2D eigenvalue weighted by Crippen LogP contribution is -2.49. The van der Waals surface area contributed by atoms with Crippen LogP contribution in [0.3, 0.4) is 0 Å². The van der Waals surface area contributed by atoms with E-state index >= 15 is 0 Å². The van der Waals surface area contributed by atoms with Crippen LogP contribution >= 0.6 is 0 Å². The first-order chi connectivity index (χ1) is 11.1. The molecule has 2 aromatic heterocycles. The highest BCUT2D eigenvalue weighted by Crippen LogP contribution is 2.16. The van der Waals surface area contributed by atoms with Gasteiger partial charge in [0.05, 0.1) is 0 Å². The molecule has 0 spiro atoms. The van der Waals surface area contributed by atoms with Gasteiger partial charge in [-0.3, -0.25) is 4.79 Å². The number of carbonyl (C=O) groups excluding carboxylic acids is 1. The second-order valence-corrected chi connectivity index (χ2v) is 6.15. The quantitative estimate of drug-likeness (QED) is 0.852. The molecule has 0 atom stereocenters. The maximum Gasteiger partial charge on any atom is 0.222 e. The van der Waals surface area contributed by atoms with Gasteiger partial charge in [0.2, 0.25) is 5.91 Å². The molecule has 1 aliphatic heterocycles. The van der Waals surface area contributed by atoms with E-state index in [0.29, 0.717) is 12.3 Å². The van der Waals surface area contributed by atoms with Gasteiger partial charge in [-0.05, 0) is 12.0 Å². The molecule has 0 aromatic carbocycles. The van der Waals surface area contributed by atoms with Crippen molar-refractivity contribution in [1.82, 2.24) is 24.6 Å². The molecular formula is C16H22N6O. The minimum Gasteiger partial charge on any atom is -0.353 e. The third kappa shape index (κ3) is 3.67. The summed E-state index contributed by atoms with van der Waals surface area (Å²) in [5.41, 5.74) is 0. The van der Waals surface area contributed by atoms with E-state index in [1.807, 2.05) is 23.2 Å². The summed E-state index contributed by atoms with van der Waals surface area (Å²) in [6.45, 7) is 7.22. The van der Waals surface area contributed by atoms with Crippen LogP contribution in [0.1, 0.15) is 20.3 Å². The summed E-state index contributed by atoms with van der Waals surface area (Å²) in [6, 6.07) is 3.79. The Hall–Kier alpha value is -2.44. The molecule has 1 fully saturated rings. The first-order valence-electron chi connectivity index (χ1n) is 7.98. The molecule has 0 N–H and O–H groups in total. The van der Waals surface area contributed by atoms with Crippen molar-refractivity contribution in [3.05, 3.63) is 30.9 Å². The SMILES string of the molecule is CC(C)CC(=O)N1CCN(c2cc(-n3cccn3)ncn2)CC1. The zero-order valence-corrected chi connectivity index (χ0v) is 13.6. The monoisotopic (exact) mass is 314 g/mol. The molecule has 2 aromatic rings. The van der Waals surface area contributed by atoms with Crippen molar-refractivity contribution < 1.29 is 4.79 Å². The van der Waals surface area contributed by atoms with Gasteiger partial charge in [0.1, 0.15) is 12.1 Å². The highest BCUT2D eigenvalue weighted by Gasteiger charge is 2.22. The maximum absolute atomic E-state index is 12.1. The molecule has 7 nitrogen and oxygen atoms in total. The Morgan fingerprint density at radius 1 is 1.17 bits per heavy atom. The standard InChI is InChI=1S/C16H22N6O/c1-13(2)10-16(23)21-8-6-20(7-9-21)14-11-15(18-12-17-14)22-5-3-4-19-22/h3-5,11-13H,6-10H2,1-2H3. The number of amides is 1. The van der Waals surface area contributed by atoms with Crippen LogP contribution < -0.4 is 4.90 Å². The predicted octanol–water partition coefficient (Wildman–Crippen LogP) is 1.36. The van der Waals surface area contributed by atoms with E-state index in [1.165, 1.54) is 0 Å². The van der Waals surface area contributed by atoms with Crippen molar-refractivity contribution in [3.63, 3.8) is 0 Å². The summed E-state index contributed by atoms with van der Waals surface area (Å²) in [7, 11) is 0. The third-order valence-corrected chi connectivity index (χ3v) is 3.92. The van der Waals surface area contributed by atoms with Crippen LogP contribution in [-0.2, 0) is 4.79 Å². The van der Waals surface area contributed by atoms with Crippen LogP contribution in [0.15, 0.2) is 30.9 Å². The largest absolute Gasteiger partial charge is 0.353 e. The second-order valence-electron chi connectivity index (χ2n) is 6.15. The molecule has 3 rings (SSSR count). The zero-order chi connectivity index (χ0) is 16.2. The van der Waals surface area contributed by atoms with Crippen molar-refractivity contribution >= 4 is 11.7 Å². The highest BCUT2D eigenvalue weighted by atomic mass is 16.2. The minimum atomic E-state index is 0.250. The molecule has 23 heavy (non-hydrogen) atoms. The Morgan fingerprint density at radius 2 is 1.91 bits per heavy atom. The Labute approximate surface area is 135 Å². The molecule has 0 aliphatic carbocycles. The number of piperazine rings is 1. The summed E-state index contributed by atoms with van der Waals surface area (Å²) in [5, 5.41) is 4.19. The smallest absolute Gasteiger partial charge is 0.222 e. The van der Waals surface area contributed by atoms with Crippen molar-refractivity contribution in [2.75, 3.05) is 31.1 Å². The van der Waals surface area contributed by atoms with E-state index in [2.05, 4.69) is 33.8 Å². The van der Waals surface area contributed by atoms with E-state index in [0.717, 1.165) is 37.8 Å². The molecule has 3 heterocycles. The fourth-order valence-electron chi connectivity index (χ4n) is 2.70. The molecule has 1 aliphatic rings. The number of rotatable bonds is 4. The van der Waals surface area contributed by atoms with Crippen molar-refractivity contribution in [2.24, 2.45) is 5.92 Å². The predicted molar refractivity (Wildman–Crippen MR) is 87.4 cm³/mol. The summed E-state index contributed by atoms with van der Waals surface area (Å²) >= 11 is 0. The summed E-state index contributed by atoms with van der Waals surface area (Å²) in [4.78, 5) is 24.9. The molecule has 0 unspecified atom stereocenters. The summed E-state index contributed by atoms with van der Waals surface area (Å²) < 4.78 is 1.72. The fourth-order valence-corrected chi connectivity index (χ4v) is 2.70. The third-order valence-electron chi connectivity index (χ3n) is 3.92. The van der Waals surface area contributed by atoms with Crippen molar-refractivity contribution in [2.45, 2.75) is 20.3 Å². The summed E-state index contributed by atoms with van der Waals surface area (Å²) in [6.07, 6.45) is 5.76. The first kappa shape index (κ1) is 15.5. The first-order valence-corrected chi connectivity index (χ1v) is 7.98. The lowest BCUT2D eigenvalue weighted by molar-refractivity contribution is -0.132. The van der Waals surface area contributed by atoms with Gasteiger partial charge in [-0.25, -0.2) is 14.6 Å². The maximum atomic E-state index is 12.1. The van der Waals surface area contributed by atoms with E-state index in [9.17, 15) is 4.79 Å². The van der Waals surface area contributed by atoms with Gasteiger partial charge in [0.25, 0.3) is 0 Å². The van der Waals surface area contributed by atoms with E-state index in [-0.39, 0.29) is 5.91 Å². The van der Waals surface area contributed by atoms with Gasteiger partial charge in [0, 0.05) is 51.1 Å². The number of hydrogen-bond donors (Lipinski definition) is 0. The summed E-state index contributed by atoms with van der Waals surface area (Å²) in [5.74, 6) is 2.28. The van der Waals surface area contributed by atoms with Gasteiger partial charge in [-0.15, -0.1) is 0 Å². The van der Waals surface area contributed by atoms with Crippen molar-refractivity contribution in [1.29, 1.82) is 0 Å². The number of anilines is 1. The lowest BCUT2D eigenvalue weighted by atomic mass is 10.1. The minimum absolute atomic E-state index is 0.250. The van der Waals surface area contributed by atoms with Gasteiger partial charge in [-0.2, -0.15) is 5.10 Å². The molecule has 0 bridgehead atoms. The Bertz CT molecular complexity index is 646. The van der Waals surface area contributed by atoms with E-state index < -0.39 is 0 Å². The van der Waals surface area contributed by atoms with Crippen LogP contribution in [-0.4, -0.2) is 56.7 Å². The zero-order valence-electron chi connectivity index (χ0n) is 13.6. The number of nitrogens with zero attached hydrogens (tertiary/aromatic N) is 6. The lowest BCUT2D eigenvalue weighted by Gasteiger charge is -2.35. The van der Waals surface area contributed by atoms with E-state index in [1.54, 1.807) is 17.2 Å². The van der Waals surface area contributed by atoms with Crippen molar-refractivity contribution in [3.8, 4) is 5.82 Å². The molecule has 0 saturated carbocycles. The molecule has 1 amide bonds. The topological polar surface area (TPSA) is 67.2 Å². The van der Waals surface area contributed by atoms with Gasteiger partial charge in [-0.1, -0.05) is 13.8 Å². The van der Waals surface area contributed by atoms with Gasteiger partial charge in [0.15, 0.2) is 5.82 Å². The van der Waals surface area contributed by atoms with Crippen LogP contribution in [0.2, 0.25) is 0 Å². The average molecular weight is 314 g/mol. The van der Waals surface area contributed by atoms with Crippen LogP contribution in [0, 0.1) is 5.92 Å². The average Bonchev–Trinajstić information content (AvgIpc) is 3.09. The second kappa shape index (κ2) is 6.76. The number of hydrogen-bond acceptors (Lipinski definition) is 5. The van der Waals surface area contributed by atoms with E-state index in [4.69, 9.17) is 0 Å². The molecule has 1 saturated heterocycles. The fraction of sp³-hybridized carbons (Fsp3) is 0.500. The van der Waals surface area contributed by atoms with Gasteiger partial charge < -0.3 is 9.80 Å².